The van der Waals surface area contributed by atoms with E-state index in [-0.39, 0.29) is 0 Å². The van der Waals surface area contributed by atoms with E-state index in [0.717, 1.165) is 11.0 Å². The Hall–Kier alpha value is -1.75. The number of nitrogens with zero attached hydrogens (tertiary/aromatic N) is 3. The number of H-pyrrole nitrogens is 1. The zero-order valence-electron chi connectivity index (χ0n) is 7.29. The maximum Gasteiger partial charge on any atom is 0.108 e. The molecule has 0 aromatic carbocycles. The summed E-state index contributed by atoms with van der Waals surface area (Å²) in [7, 11) is 0. The van der Waals surface area contributed by atoms with Crippen LogP contribution >= 0.6 is 11.3 Å². The second-order valence-corrected chi connectivity index (χ2v) is 3.24. The third kappa shape index (κ3) is 2.14. The fourth-order valence-corrected chi connectivity index (χ4v) is 1.30. The number of aromatic amines is 1. The molecule has 0 fully saturated rings. The third-order valence-electron chi connectivity index (χ3n) is 1.56. The fourth-order valence-electron chi connectivity index (χ4n) is 0.954. The molecule has 3 aromatic rings. The first-order valence-electron chi connectivity index (χ1n) is 4.03. The first-order valence-corrected chi connectivity index (χ1v) is 4.97. The van der Waals surface area contributed by atoms with E-state index < -0.39 is 0 Å². The largest absolute Gasteiger partial charge is 0.276 e. The van der Waals surface area contributed by atoms with E-state index in [0.29, 0.717) is 0 Å². The van der Waals surface area contributed by atoms with E-state index >= 15 is 0 Å². The van der Waals surface area contributed by atoms with Crippen molar-refractivity contribution in [1.82, 2.24) is 20.2 Å². The highest BCUT2D eigenvalue weighted by Gasteiger charge is 1.89. The maximum atomic E-state index is 4.05. The fraction of sp³-hybridized carbons (Fsp3) is 0. The summed E-state index contributed by atoms with van der Waals surface area (Å²) in [6, 6.07) is 3.82. The van der Waals surface area contributed by atoms with Crippen molar-refractivity contribution in [2.24, 2.45) is 0 Å². The molecule has 14 heavy (non-hydrogen) atoms. The summed E-state index contributed by atoms with van der Waals surface area (Å²) in [5.41, 5.74) is 3.69. The van der Waals surface area contributed by atoms with E-state index in [1.807, 2.05) is 17.5 Å². The van der Waals surface area contributed by atoms with Crippen LogP contribution in [0.4, 0.5) is 0 Å². The maximum absolute atomic E-state index is 4.05. The number of aromatic nitrogens is 4. The summed E-state index contributed by atoms with van der Waals surface area (Å²) in [5, 5.41) is 8.55. The number of rotatable bonds is 0. The second-order valence-electron chi connectivity index (χ2n) is 2.48. The summed E-state index contributed by atoms with van der Waals surface area (Å²) in [6.45, 7) is 0. The topological polar surface area (TPSA) is 54.5 Å². The van der Waals surface area contributed by atoms with Gasteiger partial charge in [-0.2, -0.15) is 5.10 Å². The zero-order chi connectivity index (χ0) is 9.64. The Kier molecular flexibility index (Phi) is 2.82. The van der Waals surface area contributed by atoms with E-state index in [2.05, 4.69) is 20.2 Å². The second kappa shape index (κ2) is 4.48. The highest BCUT2D eigenvalue weighted by atomic mass is 32.1. The zero-order valence-corrected chi connectivity index (χ0v) is 8.11. The Morgan fingerprint density at radius 1 is 1.29 bits per heavy atom. The monoisotopic (exact) mass is 204 g/mol. The Balaban J connectivity index is 0.000000128. The van der Waals surface area contributed by atoms with Crippen LogP contribution < -0.4 is 0 Å². The molecular formula is C9H8N4S. The van der Waals surface area contributed by atoms with Crippen LogP contribution in [-0.2, 0) is 0 Å². The predicted molar refractivity (Wildman–Crippen MR) is 56.0 cm³/mol. The van der Waals surface area contributed by atoms with Gasteiger partial charge in [0.25, 0.3) is 0 Å². The number of fused-ring (bicyclic) bond motifs is 1. The lowest BCUT2D eigenvalue weighted by molar-refractivity contribution is 1.12. The van der Waals surface area contributed by atoms with Gasteiger partial charge in [-0.25, -0.2) is 0 Å². The molecule has 3 heterocycles. The molecular weight excluding hydrogens is 196 g/mol. The molecule has 0 saturated heterocycles. The summed E-state index contributed by atoms with van der Waals surface area (Å²) >= 11 is 1.60. The van der Waals surface area contributed by atoms with Crippen molar-refractivity contribution in [2.75, 3.05) is 0 Å². The Bertz CT molecular complexity index is 427. The highest BCUT2D eigenvalue weighted by Crippen LogP contribution is 2.02. The normalized spacial score (nSPS) is 9.43. The predicted octanol–water partition coefficient (Wildman–Crippen LogP) is 2.10. The van der Waals surface area contributed by atoms with Crippen molar-refractivity contribution in [3.05, 3.63) is 41.6 Å². The molecule has 0 saturated carbocycles. The first kappa shape index (κ1) is 8.83. The summed E-state index contributed by atoms with van der Waals surface area (Å²) < 4.78 is 0. The number of thiazole rings is 1. The van der Waals surface area contributed by atoms with Gasteiger partial charge in [0.2, 0.25) is 0 Å². The summed E-state index contributed by atoms with van der Waals surface area (Å²) in [6.07, 6.45) is 5.22. The van der Waals surface area contributed by atoms with Crippen LogP contribution in [0.3, 0.4) is 0 Å². The van der Waals surface area contributed by atoms with Crippen molar-refractivity contribution in [3.63, 3.8) is 0 Å². The van der Waals surface area contributed by atoms with E-state index in [1.165, 1.54) is 0 Å². The minimum Gasteiger partial charge on any atom is -0.276 e. The van der Waals surface area contributed by atoms with Crippen LogP contribution in [0.25, 0.3) is 11.0 Å². The van der Waals surface area contributed by atoms with Gasteiger partial charge in [0.15, 0.2) is 0 Å². The molecule has 0 bridgehead atoms. The van der Waals surface area contributed by atoms with Gasteiger partial charge in [-0.3, -0.25) is 15.1 Å². The van der Waals surface area contributed by atoms with Gasteiger partial charge >= 0.3 is 0 Å². The van der Waals surface area contributed by atoms with E-state index in [4.69, 9.17) is 0 Å². The Labute approximate surface area is 84.7 Å². The SMILES string of the molecule is c1cnc2cn[nH]c2c1.c1cscn1. The van der Waals surface area contributed by atoms with Crippen molar-refractivity contribution < 1.29 is 0 Å². The number of pyridine rings is 1. The Morgan fingerprint density at radius 3 is 2.93 bits per heavy atom. The minimum atomic E-state index is 0.914. The number of nitrogens with one attached hydrogen (secondary N) is 1. The minimum absolute atomic E-state index is 0.914. The standard InChI is InChI=1S/C6H5N3.C3H3NS/c1-2-5-6(7-3-1)4-8-9-5;1-2-5-3-4-1/h1-4H,(H,8,9);1-3H. The van der Waals surface area contributed by atoms with Crippen molar-refractivity contribution in [1.29, 1.82) is 0 Å². The molecule has 3 aromatic heterocycles. The van der Waals surface area contributed by atoms with Gasteiger partial charge in [-0.15, -0.1) is 11.3 Å². The van der Waals surface area contributed by atoms with Gasteiger partial charge in [-0.1, -0.05) is 0 Å². The van der Waals surface area contributed by atoms with Gasteiger partial charge in [0.1, 0.15) is 5.52 Å². The summed E-state index contributed by atoms with van der Waals surface area (Å²) in [4.78, 5) is 7.79. The number of hydrogen-bond acceptors (Lipinski definition) is 4. The lowest BCUT2D eigenvalue weighted by Crippen LogP contribution is -1.69. The molecule has 0 atom stereocenters. The summed E-state index contributed by atoms with van der Waals surface area (Å²) in [5.74, 6) is 0. The third-order valence-corrected chi connectivity index (χ3v) is 2.08. The number of hydrogen-bond donors (Lipinski definition) is 1. The molecule has 0 radical (unpaired) electrons. The van der Waals surface area contributed by atoms with Gasteiger partial charge in [0.05, 0.1) is 17.2 Å². The highest BCUT2D eigenvalue weighted by molar-refractivity contribution is 7.07. The lowest BCUT2D eigenvalue weighted by Gasteiger charge is -1.80. The van der Waals surface area contributed by atoms with Gasteiger partial charge in [-0.05, 0) is 12.1 Å². The molecule has 0 amide bonds. The molecule has 0 aliphatic heterocycles. The van der Waals surface area contributed by atoms with Crippen LogP contribution in [0.1, 0.15) is 0 Å². The van der Waals surface area contributed by atoms with Crippen LogP contribution in [0.15, 0.2) is 41.6 Å². The van der Waals surface area contributed by atoms with E-state index in [9.17, 15) is 0 Å². The first-order chi connectivity index (χ1) is 6.97. The molecule has 0 aliphatic rings. The van der Waals surface area contributed by atoms with Crippen molar-refractivity contribution >= 4 is 22.4 Å². The van der Waals surface area contributed by atoms with Crippen LogP contribution in [0.2, 0.25) is 0 Å². The molecule has 5 heteroatoms. The van der Waals surface area contributed by atoms with Crippen LogP contribution in [0.5, 0.6) is 0 Å². The van der Waals surface area contributed by atoms with Crippen molar-refractivity contribution in [3.8, 4) is 0 Å². The molecule has 0 spiro atoms. The van der Waals surface area contributed by atoms with Crippen molar-refractivity contribution in [2.45, 2.75) is 0 Å². The molecule has 0 unspecified atom stereocenters. The molecule has 3 rings (SSSR count). The van der Waals surface area contributed by atoms with E-state index in [1.54, 1.807) is 35.4 Å². The van der Waals surface area contributed by atoms with Gasteiger partial charge < -0.3 is 0 Å². The average Bonchev–Trinajstić information content (AvgIpc) is 2.92. The quantitative estimate of drug-likeness (QED) is 0.610. The van der Waals surface area contributed by atoms with Gasteiger partial charge in [0, 0.05) is 17.8 Å². The smallest absolute Gasteiger partial charge is 0.108 e. The molecule has 70 valence electrons. The van der Waals surface area contributed by atoms with Crippen LogP contribution in [-0.4, -0.2) is 20.2 Å². The lowest BCUT2D eigenvalue weighted by atomic mass is 10.4. The molecule has 4 nitrogen and oxygen atoms in total. The average molecular weight is 204 g/mol. The van der Waals surface area contributed by atoms with Crippen LogP contribution in [0, 0.1) is 0 Å². The molecule has 0 aliphatic carbocycles. The Morgan fingerprint density at radius 2 is 2.29 bits per heavy atom. The molecule has 1 N–H and O–H groups in total.